The van der Waals surface area contributed by atoms with Gasteiger partial charge in [0.15, 0.2) is 5.78 Å². The van der Waals surface area contributed by atoms with E-state index < -0.39 is 5.91 Å². The summed E-state index contributed by atoms with van der Waals surface area (Å²) >= 11 is 0. The van der Waals surface area contributed by atoms with Gasteiger partial charge in [0.2, 0.25) is 0 Å². The molecule has 0 atom stereocenters. The fourth-order valence-corrected chi connectivity index (χ4v) is 5.58. The fourth-order valence-electron chi connectivity index (χ4n) is 5.58. The van der Waals surface area contributed by atoms with Crippen LogP contribution in [-0.4, -0.2) is 57.1 Å². The number of amides is 2. The quantitative estimate of drug-likeness (QED) is 0.434. The second-order valence-electron chi connectivity index (χ2n) is 12.0. The van der Waals surface area contributed by atoms with Gasteiger partial charge in [-0.1, -0.05) is 0 Å². The van der Waals surface area contributed by atoms with E-state index in [1.165, 1.54) is 0 Å². The number of anilines is 1. The number of benzene rings is 1. The summed E-state index contributed by atoms with van der Waals surface area (Å²) in [6.45, 7) is 7.35. The van der Waals surface area contributed by atoms with Crippen LogP contribution in [-0.2, 0) is 16.8 Å². The van der Waals surface area contributed by atoms with E-state index in [0.29, 0.717) is 36.3 Å². The number of piperidine rings is 1. The van der Waals surface area contributed by atoms with E-state index >= 15 is 0 Å². The van der Waals surface area contributed by atoms with Crippen molar-refractivity contribution in [3.63, 3.8) is 0 Å². The second kappa shape index (κ2) is 9.11. The van der Waals surface area contributed by atoms with Crippen molar-refractivity contribution >= 4 is 29.0 Å². The van der Waals surface area contributed by atoms with Gasteiger partial charge in [0.05, 0.1) is 5.54 Å². The molecule has 0 bridgehead atoms. The number of hydrogen-bond acceptors (Lipinski definition) is 6. The van der Waals surface area contributed by atoms with Crippen LogP contribution in [0.2, 0.25) is 0 Å². The molecular weight excluding hydrogens is 468 g/mol. The third kappa shape index (κ3) is 4.79. The Bertz CT molecular complexity index is 1280. The number of Topliss-reactive ketones (excluding diaryl/α,β-unsaturated/α-hetero) is 1. The molecule has 1 saturated heterocycles. The molecular formula is C28H36N6O3. The van der Waals surface area contributed by atoms with Gasteiger partial charge in [0, 0.05) is 54.1 Å². The van der Waals surface area contributed by atoms with E-state index in [1.54, 1.807) is 18.2 Å². The molecule has 1 aliphatic heterocycles. The SMILES string of the molecule is CC(C)(C)n1cc2c(n1)C(=O)CC1(CCN(C(=O)c3ccc(C(=N)C(=O)NC4CCC4)c(N)c3)CC1)C2. The zero-order valence-corrected chi connectivity index (χ0v) is 21.9. The van der Waals surface area contributed by atoms with Crippen LogP contribution < -0.4 is 11.1 Å². The van der Waals surface area contributed by atoms with E-state index in [1.807, 2.05) is 15.8 Å². The van der Waals surface area contributed by atoms with Crippen LogP contribution in [0.5, 0.6) is 0 Å². The standard InChI is InChI=1S/C28H36N6O3/c1-27(2,3)34-16-18-14-28(15-22(35)24(18)32-34)9-11-33(12-10-28)26(37)17-7-8-20(21(29)13-17)23(30)25(36)31-19-5-4-6-19/h7-8,13,16,19,30H,4-6,9-12,14-15,29H2,1-3H3,(H,31,36). The average molecular weight is 505 g/mol. The zero-order chi connectivity index (χ0) is 26.5. The Labute approximate surface area is 217 Å². The van der Waals surface area contributed by atoms with Crippen LogP contribution in [0.4, 0.5) is 5.69 Å². The van der Waals surface area contributed by atoms with Crippen LogP contribution in [0, 0.1) is 10.8 Å². The minimum atomic E-state index is -0.435. The molecule has 1 aromatic carbocycles. The summed E-state index contributed by atoms with van der Waals surface area (Å²) in [7, 11) is 0. The molecule has 0 radical (unpaired) electrons. The topological polar surface area (TPSA) is 134 Å². The number of nitrogens with two attached hydrogens (primary N) is 1. The third-order valence-corrected chi connectivity index (χ3v) is 8.19. The van der Waals surface area contributed by atoms with Crippen molar-refractivity contribution in [1.82, 2.24) is 20.0 Å². The molecule has 1 saturated carbocycles. The van der Waals surface area contributed by atoms with Crippen molar-refractivity contribution in [3.8, 4) is 0 Å². The summed E-state index contributed by atoms with van der Waals surface area (Å²) < 4.78 is 1.89. The number of nitrogens with zero attached hydrogens (tertiary/aromatic N) is 3. The molecule has 1 aromatic heterocycles. The molecule has 2 amide bonds. The fraction of sp³-hybridized carbons (Fsp3) is 0.536. The zero-order valence-electron chi connectivity index (χ0n) is 21.9. The third-order valence-electron chi connectivity index (χ3n) is 8.19. The van der Waals surface area contributed by atoms with Gasteiger partial charge in [0.25, 0.3) is 11.8 Å². The van der Waals surface area contributed by atoms with Crippen molar-refractivity contribution in [2.24, 2.45) is 5.41 Å². The maximum absolute atomic E-state index is 13.3. The van der Waals surface area contributed by atoms with Crippen LogP contribution in [0.15, 0.2) is 24.4 Å². The van der Waals surface area contributed by atoms with Gasteiger partial charge in [-0.15, -0.1) is 0 Å². The Morgan fingerprint density at radius 2 is 1.86 bits per heavy atom. The Morgan fingerprint density at radius 3 is 2.46 bits per heavy atom. The summed E-state index contributed by atoms with van der Waals surface area (Å²) in [5, 5.41) is 15.7. The monoisotopic (exact) mass is 504 g/mol. The molecule has 196 valence electrons. The summed E-state index contributed by atoms with van der Waals surface area (Å²) in [6, 6.07) is 4.93. The first-order valence-electron chi connectivity index (χ1n) is 13.2. The Morgan fingerprint density at radius 1 is 1.16 bits per heavy atom. The maximum Gasteiger partial charge on any atom is 0.270 e. The molecule has 1 spiro atoms. The molecule has 2 heterocycles. The van der Waals surface area contributed by atoms with Gasteiger partial charge in [-0.05, 0) is 82.9 Å². The normalized spacial score (nSPS) is 19.3. The van der Waals surface area contributed by atoms with Gasteiger partial charge in [-0.25, -0.2) is 0 Å². The van der Waals surface area contributed by atoms with Crippen molar-refractivity contribution in [3.05, 3.63) is 46.8 Å². The predicted molar refractivity (Wildman–Crippen MR) is 141 cm³/mol. The first-order chi connectivity index (χ1) is 17.5. The van der Waals surface area contributed by atoms with Gasteiger partial charge < -0.3 is 16.0 Å². The minimum Gasteiger partial charge on any atom is -0.398 e. The highest BCUT2D eigenvalue weighted by molar-refractivity contribution is 6.45. The number of hydrogen-bond donors (Lipinski definition) is 3. The van der Waals surface area contributed by atoms with Crippen LogP contribution >= 0.6 is 0 Å². The average Bonchev–Trinajstić information content (AvgIpc) is 3.26. The lowest BCUT2D eigenvalue weighted by atomic mass is 9.67. The Hall–Kier alpha value is -3.49. The Balaban J connectivity index is 1.23. The first kappa shape index (κ1) is 25.2. The van der Waals surface area contributed by atoms with Crippen LogP contribution in [0.3, 0.4) is 0 Å². The minimum absolute atomic E-state index is 0.0937. The lowest BCUT2D eigenvalue weighted by Gasteiger charge is -2.43. The molecule has 2 aliphatic carbocycles. The number of fused-ring (bicyclic) bond motifs is 1. The summed E-state index contributed by atoms with van der Waals surface area (Å²) in [5.41, 5.74) is 8.30. The lowest BCUT2D eigenvalue weighted by Crippen LogP contribution is -2.46. The number of aromatic nitrogens is 2. The second-order valence-corrected chi connectivity index (χ2v) is 12.0. The van der Waals surface area contributed by atoms with E-state index in [9.17, 15) is 14.4 Å². The predicted octanol–water partition coefficient (Wildman–Crippen LogP) is 3.31. The van der Waals surface area contributed by atoms with E-state index in [0.717, 1.165) is 44.1 Å². The van der Waals surface area contributed by atoms with Crippen LogP contribution in [0.25, 0.3) is 0 Å². The van der Waals surface area contributed by atoms with Crippen LogP contribution in [0.1, 0.15) is 91.3 Å². The molecule has 4 N–H and O–H groups in total. The van der Waals surface area contributed by atoms with Crippen molar-refractivity contribution in [2.45, 2.75) is 77.3 Å². The number of likely N-dealkylation sites (tertiary alicyclic amines) is 1. The molecule has 2 aromatic rings. The van der Waals surface area contributed by atoms with E-state index in [-0.39, 0.29) is 40.1 Å². The van der Waals surface area contributed by atoms with Crippen molar-refractivity contribution in [1.29, 1.82) is 5.41 Å². The maximum atomic E-state index is 13.3. The summed E-state index contributed by atoms with van der Waals surface area (Å²) in [5.74, 6) is -0.465. The van der Waals surface area contributed by atoms with Gasteiger partial charge >= 0.3 is 0 Å². The molecule has 2 fully saturated rings. The Kier molecular flexibility index (Phi) is 6.20. The number of ketones is 1. The highest BCUT2D eigenvalue weighted by Crippen LogP contribution is 2.43. The highest BCUT2D eigenvalue weighted by atomic mass is 16.2. The number of nitrogen functional groups attached to an aromatic ring is 1. The van der Waals surface area contributed by atoms with Crippen molar-refractivity contribution < 1.29 is 14.4 Å². The van der Waals surface area contributed by atoms with Gasteiger partial charge in [-0.2, -0.15) is 5.10 Å². The van der Waals surface area contributed by atoms with Crippen molar-refractivity contribution in [2.75, 3.05) is 18.8 Å². The van der Waals surface area contributed by atoms with E-state index in [2.05, 4.69) is 31.2 Å². The number of rotatable bonds is 4. The van der Waals surface area contributed by atoms with E-state index in [4.69, 9.17) is 11.1 Å². The highest BCUT2D eigenvalue weighted by Gasteiger charge is 2.43. The molecule has 9 heteroatoms. The molecule has 5 rings (SSSR count). The molecule has 37 heavy (non-hydrogen) atoms. The molecule has 9 nitrogen and oxygen atoms in total. The van der Waals surface area contributed by atoms with Gasteiger partial charge in [-0.3, -0.25) is 24.5 Å². The van der Waals surface area contributed by atoms with Gasteiger partial charge in [0.1, 0.15) is 11.4 Å². The number of nitrogens with one attached hydrogen (secondary N) is 2. The lowest BCUT2D eigenvalue weighted by molar-refractivity contribution is -0.115. The number of carbonyl (C=O) groups is 3. The molecule has 3 aliphatic rings. The smallest absolute Gasteiger partial charge is 0.270 e. The molecule has 0 unspecified atom stereocenters. The largest absolute Gasteiger partial charge is 0.398 e. The number of carbonyl (C=O) groups excluding carboxylic acids is 3. The summed E-state index contributed by atoms with van der Waals surface area (Å²) in [6.07, 6.45) is 7.76. The summed E-state index contributed by atoms with van der Waals surface area (Å²) in [4.78, 5) is 40.4. The first-order valence-corrected chi connectivity index (χ1v) is 13.2.